The minimum absolute atomic E-state index is 0.140. The lowest BCUT2D eigenvalue weighted by Crippen LogP contribution is -2.42. The van der Waals surface area contributed by atoms with E-state index < -0.39 is 12.0 Å². The number of amides is 2. The molecule has 0 aliphatic carbocycles. The van der Waals surface area contributed by atoms with Crippen LogP contribution in [0.5, 0.6) is 0 Å². The summed E-state index contributed by atoms with van der Waals surface area (Å²) in [5, 5.41) is 2.50. The molecule has 2 aromatic rings. The second kappa shape index (κ2) is 7.23. The molecule has 2 N–H and O–H groups in total. The van der Waals surface area contributed by atoms with Crippen LogP contribution >= 0.6 is 11.3 Å². The van der Waals surface area contributed by atoms with Crippen LogP contribution in [0.1, 0.15) is 34.5 Å². The van der Waals surface area contributed by atoms with Gasteiger partial charge in [0.25, 0.3) is 0 Å². The molecule has 1 atom stereocenters. The third-order valence-electron chi connectivity index (χ3n) is 4.39. The van der Waals surface area contributed by atoms with Gasteiger partial charge in [0, 0.05) is 17.5 Å². The summed E-state index contributed by atoms with van der Waals surface area (Å²) in [6, 6.07) is 5.53. The third kappa shape index (κ3) is 3.82. The number of hydrogen-bond donors (Lipinski definition) is 1. The number of aromatic nitrogens is 1. The Kier molecular flexibility index (Phi) is 5.03. The van der Waals surface area contributed by atoms with Gasteiger partial charge >= 0.3 is 12.0 Å². The van der Waals surface area contributed by atoms with E-state index in [1.54, 1.807) is 10.3 Å². The molecule has 1 unspecified atom stereocenters. The van der Waals surface area contributed by atoms with E-state index in [2.05, 4.69) is 11.1 Å². The van der Waals surface area contributed by atoms with E-state index in [4.69, 9.17) is 10.5 Å². The zero-order valence-electron chi connectivity index (χ0n) is 14.3. The molecule has 0 saturated carbocycles. The lowest BCUT2D eigenvalue weighted by atomic mass is 10.1. The van der Waals surface area contributed by atoms with Crippen molar-refractivity contribution in [2.75, 3.05) is 13.2 Å². The fourth-order valence-electron chi connectivity index (χ4n) is 3.09. The molecule has 25 heavy (non-hydrogen) atoms. The Hall–Kier alpha value is -2.41. The number of urea groups is 1. The standard InChI is InChI=1S/C18H21N3O3S/c1-11-5-6-14(12(2)8-11)16-20-15(10-25-16)17(22)24-9-13-4-3-7-21(13)18(19)23/h5-6,8,10,13H,3-4,7,9H2,1-2H3,(H2,19,23). The molecule has 0 radical (unpaired) electrons. The van der Waals surface area contributed by atoms with Gasteiger partial charge in [-0.15, -0.1) is 11.3 Å². The minimum Gasteiger partial charge on any atom is -0.459 e. The summed E-state index contributed by atoms with van der Waals surface area (Å²) in [6.45, 7) is 4.84. The fourth-order valence-corrected chi connectivity index (χ4v) is 3.97. The van der Waals surface area contributed by atoms with Gasteiger partial charge in [-0.3, -0.25) is 0 Å². The number of rotatable bonds is 4. The lowest BCUT2D eigenvalue weighted by molar-refractivity contribution is 0.0416. The third-order valence-corrected chi connectivity index (χ3v) is 5.27. The number of primary amides is 1. The van der Waals surface area contributed by atoms with Crippen molar-refractivity contribution >= 4 is 23.3 Å². The van der Waals surface area contributed by atoms with Crippen LogP contribution in [0, 0.1) is 13.8 Å². The molecule has 6 nitrogen and oxygen atoms in total. The summed E-state index contributed by atoms with van der Waals surface area (Å²) < 4.78 is 5.35. The average Bonchev–Trinajstić information content (AvgIpc) is 3.22. The fraction of sp³-hybridized carbons (Fsp3) is 0.389. The lowest BCUT2D eigenvalue weighted by Gasteiger charge is -2.21. The van der Waals surface area contributed by atoms with Gasteiger partial charge in [-0.1, -0.05) is 23.8 Å². The Balaban J connectivity index is 1.66. The molecule has 1 aromatic carbocycles. The van der Waals surface area contributed by atoms with Crippen LogP contribution in [-0.4, -0.2) is 41.1 Å². The van der Waals surface area contributed by atoms with Gasteiger partial charge in [-0.25, -0.2) is 14.6 Å². The number of thiazole rings is 1. The first-order valence-electron chi connectivity index (χ1n) is 8.22. The van der Waals surface area contributed by atoms with Gasteiger partial charge in [0.1, 0.15) is 11.6 Å². The first-order chi connectivity index (χ1) is 12.0. The van der Waals surface area contributed by atoms with E-state index >= 15 is 0 Å². The number of benzene rings is 1. The highest BCUT2D eigenvalue weighted by molar-refractivity contribution is 7.13. The maximum absolute atomic E-state index is 12.2. The second-order valence-corrected chi connectivity index (χ2v) is 7.14. The van der Waals surface area contributed by atoms with E-state index in [1.165, 1.54) is 16.9 Å². The van der Waals surface area contributed by atoms with E-state index in [0.717, 1.165) is 29.0 Å². The number of likely N-dealkylation sites (tertiary alicyclic amines) is 1. The van der Waals surface area contributed by atoms with Crippen LogP contribution in [0.25, 0.3) is 10.6 Å². The van der Waals surface area contributed by atoms with Gasteiger partial charge < -0.3 is 15.4 Å². The molecule has 2 amide bonds. The highest BCUT2D eigenvalue weighted by Gasteiger charge is 2.28. The van der Waals surface area contributed by atoms with Gasteiger partial charge in [-0.05, 0) is 32.3 Å². The number of carbonyl (C=O) groups is 2. The molecular weight excluding hydrogens is 338 g/mol. The van der Waals surface area contributed by atoms with E-state index in [0.29, 0.717) is 12.2 Å². The number of ether oxygens (including phenoxy) is 1. The van der Waals surface area contributed by atoms with Crippen molar-refractivity contribution < 1.29 is 14.3 Å². The first-order valence-corrected chi connectivity index (χ1v) is 9.10. The number of esters is 1. The van der Waals surface area contributed by atoms with Crippen molar-refractivity contribution in [1.29, 1.82) is 0 Å². The van der Waals surface area contributed by atoms with Crippen LogP contribution in [-0.2, 0) is 4.74 Å². The monoisotopic (exact) mass is 359 g/mol. The number of hydrogen-bond acceptors (Lipinski definition) is 5. The van der Waals surface area contributed by atoms with Crippen LogP contribution in [0.2, 0.25) is 0 Å². The van der Waals surface area contributed by atoms with Crippen LogP contribution in [0.3, 0.4) is 0 Å². The van der Waals surface area contributed by atoms with E-state index in [-0.39, 0.29) is 12.6 Å². The molecule has 1 aliphatic rings. The molecule has 0 spiro atoms. The van der Waals surface area contributed by atoms with Crippen molar-refractivity contribution in [2.45, 2.75) is 32.7 Å². The summed E-state index contributed by atoms with van der Waals surface area (Å²) >= 11 is 1.42. The first kappa shape index (κ1) is 17.4. The zero-order chi connectivity index (χ0) is 18.0. The summed E-state index contributed by atoms with van der Waals surface area (Å²) in [5.41, 5.74) is 8.96. The van der Waals surface area contributed by atoms with Crippen LogP contribution in [0.15, 0.2) is 23.6 Å². The summed E-state index contributed by atoms with van der Waals surface area (Å²) in [7, 11) is 0. The van der Waals surface area contributed by atoms with Gasteiger partial charge in [0.05, 0.1) is 6.04 Å². The average molecular weight is 359 g/mol. The minimum atomic E-state index is -0.469. The number of nitrogens with two attached hydrogens (primary N) is 1. The molecule has 1 saturated heterocycles. The maximum atomic E-state index is 12.2. The molecule has 1 fully saturated rings. The largest absolute Gasteiger partial charge is 0.459 e. The molecular formula is C18H21N3O3S. The summed E-state index contributed by atoms with van der Waals surface area (Å²) in [5.74, 6) is -0.469. The normalized spacial score (nSPS) is 16.9. The Morgan fingerprint density at radius 1 is 1.40 bits per heavy atom. The maximum Gasteiger partial charge on any atom is 0.357 e. The van der Waals surface area contributed by atoms with Gasteiger partial charge in [0.15, 0.2) is 5.69 Å². The highest BCUT2D eigenvalue weighted by Crippen LogP contribution is 2.28. The second-order valence-electron chi connectivity index (χ2n) is 6.28. The predicted octanol–water partition coefficient (Wildman–Crippen LogP) is 3.13. The van der Waals surface area contributed by atoms with Crippen LogP contribution in [0.4, 0.5) is 4.79 Å². The number of carbonyl (C=O) groups excluding carboxylic acids is 2. The van der Waals surface area contributed by atoms with Crippen molar-refractivity contribution in [3.8, 4) is 10.6 Å². The highest BCUT2D eigenvalue weighted by atomic mass is 32.1. The topological polar surface area (TPSA) is 85.5 Å². The van der Waals surface area contributed by atoms with Crippen molar-refractivity contribution in [2.24, 2.45) is 5.73 Å². The summed E-state index contributed by atoms with van der Waals surface area (Å²) in [6.07, 6.45) is 1.67. The van der Waals surface area contributed by atoms with Gasteiger partial charge in [-0.2, -0.15) is 0 Å². The Morgan fingerprint density at radius 3 is 2.92 bits per heavy atom. The number of nitrogens with zero attached hydrogens (tertiary/aromatic N) is 2. The van der Waals surface area contributed by atoms with Crippen molar-refractivity contribution in [3.63, 3.8) is 0 Å². The molecule has 132 valence electrons. The zero-order valence-corrected chi connectivity index (χ0v) is 15.1. The number of aryl methyl sites for hydroxylation is 2. The molecule has 0 bridgehead atoms. The molecule has 2 heterocycles. The Bertz CT molecular complexity index is 803. The van der Waals surface area contributed by atoms with Crippen molar-refractivity contribution in [3.05, 3.63) is 40.4 Å². The molecule has 1 aromatic heterocycles. The van der Waals surface area contributed by atoms with E-state index in [9.17, 15) is 9.59 Å². The van der Waals surface area contributed by atoms with E-state index in [1.807, 2.05) is 26.0 Å². The summed E-state index contributed by atoms with van der Waals surface area (Å²) in [4.78, 5) is 29.5. The van der Waals surface area contributed by atoms with Crippen LogP contribution < -0.4 is 5.73 Å². The van der Waals surface area contributed by atoms with Crippen molar-refractivity contribution in [1.82, 2.24) is 9.88 Å². The predicted molar refractivity (Wildman–Crippen MR) is 96.6 cm³/mol. The SMILES string of the molecule is Cc1ccc(-c2nc(C(=O)OCC3CCCN3C(N)=O)cs2)c(C)c1. The molecule has 3 rings (SSSR count). The Morgan fingerprint density at radius 2 is 2.20 bits per heavy atom. The smallest absolute Gasteiger partial charge is 0.357 e. The molecule has 7 heteroatoms. The quantitative estimate of drug-likeness (QED) is 0.850. The van der Waals surface area contributed by atoms with Gasteiger partial charge in [0.2, 0.25) is 0 Å². The Labute approximate surface area is 150 Å². The molecule has 1 aliphatic heterocycles.